The lowest BCUT2D eigenvalue weighted by molar-refractivity contribution is 0.0625. The molecule has 2 aromatic rings. The number of piperazine rings is 1. The summed E-state index contributed by atoms with van der Waals surface area (Å²) >= 11 is 7.57. The number of benzene rings is 1. The van der Waals surface area contributed by atoms with Crippen molar-refractivity contribution >= 4 is 41.3 Å². The number of carbonyl (C=O) groups excluding carboxylic acids is 1. The number of hydrogen-bond acceptors (Lipinski definition) is 4. The first-order valence-corrected chi connectivity index (χ1v) is 8.92. The Labute approximate surface area is 157 Å². The van der Waals surface area contributed by atoms with Crippen LogP contribution in [0.25, 0.3) is 0 Å². The summed E-state index contributed by atoms with van der Waals surface area (Å²) in [6.07, 6.45) is 0. The molecule has 130 valence electrons. The Morgan fingerprint density at radius 3 is 2.54 bits per heavy atom. The second-order valence-electron chi connectivity index (χ2n) is 5.39. The molecule has 1 saturated heterocycles. The summed E-state index contributed by atoms with van der Waals surface area (Å²) in [4.78, 5) is 17.3. The van der Waals surface area contributed by atoms with Crippen molar-refractivity contribution in [3.05, 3.63) is 51.7 Å². The largest absolute Gasteiger partial charge is 0.491 e. The van der Waals surface area contributed by atoms with Crippen LogP contribution in [-0.2, 0) is 0 Å². The first-order chi connectivity index (χ1) is 11.2. The summed E-state index contributed by atoms with van der Waals surface area (Å²) in [6, 6.07) is 11.3. The van der Waals surface area contributed by atoms with Crippen LogP contribution in [0.5, 0.6) is 5.75 Å². The molecule has 0 saturated carbocycles. The number of nitrogens with zero attached hydrogens (tertiary/aromatic N) is 2. The van der Waals surface area contributed by atoms with Crippen molar-refractivity contribution in [3.63, 3.8) is 0 Å². The molecule has 0 radical (unpaired) electrons. The minimum atomic E-state index is 0. The van der Waals surface area contributed by atoms with Gasteiger partial charge < -0.3 is 9.64 Å². The highest BCUT2D eigenvalue weighted by Gasteiger charge is 2.22. The second-order valence-corrected chi connectivity index (χ2v) is 6.74. The van der Waals surface area contributed by atoms with Gasteiger partial charge in [-0.1, -0.05) is 29.8 Å². The fourth-order valence-corrected chi connectivity index (χ4v) is 3.46. The Bertz CT molecular complexity index is 644. The van der Waals surface area contributed by atoms with E-state index in [0.717, 1.165) is 43.4 Å². The number of para-hydroxylation sites is 1. The molecule has 3 rings (SSSR count). The Balaban J connectivity index is 0.00000208. The van der Waals surface area contributed by atoms with Gasteiger partial charge in [-0.15, -0.1) is 23.7 Å². The van der Waals surface area contributed by atoms with Gasteiger partial charge in [0.2, 0.25) is 0 Å². The van der Waals surface area contributed by atoms with E-state index in [1.807, 2.05) is 46.7 Å². The Hall–Kier alpha value is -1.27. The minimum Gasteiger partial charge on any atom is -0.491 e. The van der Waals surface area contributed by atoms with Crippen LogP contribution >= 0.6 is 35.3 Å². The highest BCUT2D eigenvalue weighted by Crippen LogP contribution is 2.23. The molecule has 0 N–H and O–H groups in total. The minimum absolute atomic E-state index is 0. The van der Waals surface area contributed by atoms with Gasteiger partial charge in [0.25, 0.3) is 5.91 Å². The highest BCUT2D eigenvalue weighted by molar-refractivity contribution is 7.12. The van der Waals surface area contributed by atoms with Crippen LogP contribution in [0.1, 0.15) is 9.67 Å². The average molecular weight is 387 g/mol. The molecule has 1 aromatic heterocycles. The third kappa shape index (κ3) is 4.86. The Morgan fingerprint density at radius 1 is 1.12 bits per heavy atom. The van der Waals surface area contributed by atoms with Crippen molar-refractivity contribution in [1.82, 2.24) is 9.80 Å². The molecule has 0 atom stereocenters. The Kier molecular flexibility index (Phi) is 7.37. The molecule has 2 heterocycles. The van der Waals surface area contributed by atoms with Gasteiger partial charge in [-0.25, -0.2) is 0 Å². The maximum absolute atomic E-state index is 12.3. The van der Waals surface area contributed by atoms with E-state index >= 15 is 0 Å². The van der Waals surface area contributed by atoms with Crippen molar-refractivity contribution < 1.29 is 9.53 Å². The van der Waals surface area contributed by atoms with Crippen LogP contribution in [0.3, 0.4) is 0 Å². The van der Waals surface area contributed by atoms with Gasteiger partial charge in [0.05, 0.1) is 9.90 Å². The van der Waals surface area contributed by atoms with E-state index < -0.39 is 0 Å². The van der Waals surface area contributed by atoms with Crippen LogP contribution in [0.4, 0.5) is 0 Å². The van der Waals surface area contributed by atoms with Gasteiger partial charge in [0, 0.05) is 32.7 Å². The first-order valence-electron chi connectivity index (χ1n) is 7.66. The summed E-state index contributed by atoms with van der Waals surface area (Å²) < 4.78 is 5.72. The number of rotatable bonds is 5. The molecule has 0 spiro atoms. The van der Waals surface area contributed by atoms with Crippen LogP contribution in [-0.4, -0.2) is 55.0 Å². The SMILES string of the molecule is Cl.O=C(c1cccs1)N1CCN(CCOc2ccccc2Cl)CC1. The zero-order valence-electron chi connectivity index (χ0n) is 13.2. The quantitative estimate of drug-likeness (QED) is 0.785. The van der Waals surface area contributed by atoms with Crippen LogP contribution in [0.2, 0.25) is 5.02 Å². The number of ether oxygens (including phenoxy) is 1. The predicted molar refractivity (Wildman–Crippen MR) is 101 cm³/mol. The Morgan fingerprint density at radius 2 is 1.88 bits per heavy atom. The van der Waals surface area contributed by atoms with Gasteiger partial charge in [0.1, 0.15) is 12.4 Å². The van der Waals surface area contributed by atoms with E-state index in [0.29, 0.717) is 11.6 Å². The molecule has 1 aromatic carbocycles. The molecule has 1 aliphatic heterocycles. The molecular formula is C17H20Cl2N2O2S. The van der Waals surface area contributed by atoms with Crippen molar-refractivity contribution in [2.75, 3.05) is 39.3 Å². The first kappa shape index (κ1) is 19.1. The van der Waals surface area contributed by atoms with E-state index in [1.165, 1.54) is 11.3 Å². The molecule has 1 aliphatic rings. The van der Waals surface area contributed by atoms with Crippen molar-refractivity contribution in [1.29, 1.82) is 0 Å². The third-order valence-electron chi connectivity index (χ3n) is 3.89. The van der Waals surface area contributed by atoms with Crippen molar-refractivity contribution in [3.8, 4) is 5.75 Å². The van der Waals surface area contributed by atoms with Gasteiger partial charge in [-0.2, -0.15) is 0 Å². The van der Waals surface area contributed by atoms with E-state index in [4.69, 9.17) is 16.3 Å². The molecule has 7 heteroatoms. The summed E-state index contributed by atoms with van der Waals surface area (Å²) in [5.74, 6) is 0.868. The van der Waals surface area contributed by atoms with Crippen molar-refractivity contribution in [2.45, 2.75) is 0 Å². The fourth-order valence-electron chi connectivity index (χ4n) is 2.58. The molecule has 1 fully saturated rings. The standard InChI is InChI=1S/C17H19ClN2O2S.ClH/c18-14-4-1-2-5-15(14)22-12-11-19-7-9-20(10-8-19)17(21)16-6-3-13-23-16;/h1-6,13H,7-12H2;1H. The van der Waals surface area contributed by atoms with Gasteiger partial charge in [0.15, 0.2) is 0 Å². The third-order valence-corrected chi connectivity index (χ3v) is 5.06. The van der Waals surface area contributed by atoms with Gasteiger partial charge >= 0.3 is 0 Å². The monoisotopic (exact) mass is 386 g/mol. The zero-order valence-corrected chi connectivity index (χ0v) is 15.6. The summed E-state index contributed by atoms with van der Waals surface area (Å²) in [6.45, 7) is 4.73. The number of amides is 1. The molecule has 0 aliphatic carbocycles. The van der Waals surface area contributed by atoms with Gasteiger partial charge in [-0.3, -0.25) is 9.69 Å². The smallest absolute Gasteiger partial charge is 0.264 e. The number of carbonyl (C=O) groups is 1. The normalized spacial score (nSPS) is 15.0. The molecule has 0 bridgehead atoms. The lowest BCUT2D eigenvalue weighted by atomic mass is 10.3. The van der Waals surface area contributed by atoms with Gasteiger partial charge in [-0.05, 0) is 23.6 Å². The van der Waals surface area contributed by atoms with Crippen LogP contribution in [0.15, 0.2) is 41.8 Å². The number of thiophene rings is 1. The number of hydrogen-bond donors (Lipinski definition) is 0. The topological polar surface area (TPSA) is 32.8 Å². The van der Waals surface area contributed by atoms with E-state index in [-0.39, 0.29) is 18.3 Å². The summed E-state index contributed by atoms with van der Waals surface area (Å²) in [5.41, 5.74) is 0. The maximum atomic E-state index is 12.3. The molecule has 4 nitrogen and oxygen atoms in total. The summed E-state index contributed by atoms with van der Waals surface area (Å²) in [5, 5.41) is 2.58. The molecule has 0 unspecified atom stereocenters. The predicted octanol–water partition coefficient (Wildman–Crippen LogP) is 3.66. The molecular weight excluding hydrogens is 367 g/mol. The lowest BCUT2D eigenvalue weighted by Crippen LogP contribution is -2.49. The maximum Gasteiger partial charge on any atom is 0.264 e. The van der Waals surface area contributed by atoms with Crippen molar-refractivity contribution in [2.24, 2.45) is 0 Å². The zero-order chi connectivity index (χ0) is 16.1. The average Bonchev–Trinajstić information content (AvgIpc) is 3.11. The van der Waals surface area contributed by atoms with E-state index in [2.05, 4.69) is 4.90 Å². The van der Waals surface area contributed by atoms with Crippen LogP contribution < -0.4 is 4.74 Å². The summed E-state index contributed by atoms with van der Waals surface area (Å²) in [7, 11) is 0. The molecule has 24 heavy (non-hydrogen) atoms. The second kappa shape index (κ2) is 9.28. The van der Waals surface area contributed by atoms with E-state index in [9.17, 15) is 4.79 Å². The number of halogens is 2. The molecule has 1 amide bonds. The fraction of sp³-hybridized carbons (Fsp3) is 0.353. The van der Waals surface area contributed by atoms with E-state index in [1.54, 1.807) is 0 Å². The highest BCUT2D eigenvalue weighted by atomic mass is 35.5. The lowest BCUT2D eigenvalue weighted by Gasteiger charge is -2.34. The van der Waals surface area contributed by atoms with Crippen LogP contribution in [0, 0.1) is 0 Å².